The summed E-state index contributed by atoms with van der Waals surface area (Å²) in [6, 6.07) is 13.3. The maximum absolute atomic E-state index is 6.02. The molecule has 0 radical (unpaired) electrons. The molecule has 2 heterocycles. The Morgan fingerprint density at radius 1 is 1.04 bits per heavy atom. The van der Waals surface area contributed by atoms with Crippen molar-refractivity contribution in [1.82, 2.24) is 19.7 Å². The first-order chi connectivity index (χ1) is 12.7. The molecule has 0 atom stereocenters. The van der Waals surface area contributed by atoms with E-state index >= 15 is 0 Å². The van der Waals surface area contributed by atoms with Crippen molar-refractivity contribution in [2.24, 2.45) is 0 Å². The number of nitrogens with one attached hydrogen (secondary N) is 1. The summed E-state index contributed by atoms with van der Waals surface area (Å²) >= 11 is 1.50. The zero-order chi connectivity index (χ0) is 18.1. The largest absolute Gasteiger partial charge is 0.493 e. The first kappa shape index (κ1) is 16.2. The molecule has 0 unspecified atom stereocenters. The summed E-state index contributed by atoms with van der Waals surface area (Å²) in [6.45, 7) is 0. The quantitative estimate of drug-likeness (QED) is 0.558. The Morgan fingerprint density at radius 2 is 1.85 bits per heavy atom. The van der Waals surface area contributed by atoms with Crippen molar-refractivity contribution >= 4 is 39.1 Å². The number of hydrogen-bond acceptors (Lipinski definition) is 8. The first-order valence-electron chi connectivity index (χ1n) is 7.75. The molecule has 0 aliphatic heterocycles. The number of fused-ring (bicyclic) bond motifs is 1. The van der Waals surface area contributed by atoms with Gasteiger partial charge in [0.2, 0.25) is 17.0 Å². The number of hydrogen-bond donors (Lipinski definition) is 2. The van der Waals surface area contributed by atoms with Crippen LogP contribution in [0.25, 0.3) is 15.3 Å². The van der Waals surface area contributed by atoms with Crippen LogP contribution in [-0.4, -0.2) is 34.0 Å². The van der Waals surface area contributed by atoms with Gasteiger partial charge in [-0.05, 0) is 24.3 Å². The molecule has 0 aliphatic rings. The van der Waals surface area contributed by atoms with Crippen LogP contribution in [0, 0.1) is 0 Å². The molecule has 9 heteroatoms. The molecule has 8 nitrogen and oxygen atoms in total. The van der Waals surface area contributed by atoms with E-state index in [0.717, 1.165) is 15.9 Å². The smallest absolute Gasteiger partial charge is 0.248 e. The Kier molecular flexibility index (Phi) is 4.05. The van der Waals surface area contributed by atoms with E-state index in [1.807, 2.05) is 30.3 Å². The van der Waals surface area contributed by atoms with Crippen molar-refractivity contribution in [3.8, 4) is 16.6 Å². The fourth-order valence-corrected chi connectivity index (χ4v) is 3.44. The van der Waals surface area contributed by atoms with Crippen LogP contribution >= 0.6 is 11.3 Å². The van der Waals surface area contributed by atoms with Crippen LogP contribution < -0.4 is 20.5 Å². The maximum atomic E-state index is 6.02. The Labute approximate surface area is 153 Å². The van der Waals surface area contributed by atoms with Gasteiger partial charge in [-0.25, -0.2) is 4.98 Å². The van der Waals surface area contributed by atoms with Crippen molar-refractivity contribution in [2.45, 2.75) is 0 Å². The predicted molar refractivity (Wildman–Crippen MR) is 102 cm³/mol. The van der Waals surface area contributed by atoms with Crippen LogP contribution in [0.4, 0.5) is 17.6 Å². The van der Waals surface area contributed by atoms with Gasteiger partial charge in [0.15, 0.2) is 11.5 Å². The molecule has 26 heavy (non-hydrogen) atoms. The second kappa shape index (κ2) is 6.52. The number of para-hydroxylation sites is 1. The molecule has 2 aromatic heterocycles. The van der Waals surface area contributed by atoms with Crippen molar-refractivity contribution < 1.29 is 9.47 Å². The van der Waals surface area contributed by atoms with E-state index in [9.17, 15) is 0 Å². The molecule has 0 bridgehead atoms. The summed E-state index contributed by atoms with van der Waals surface area (Å²) in [5.41, 5.74) is 7.68. The summed E-state index contributed by atoms with van der Waals surface area (Å²) in [5.74, 6) is 1.88. The predicted octanol–water partition coefficient (Wildman–Crippen LogP) is 3.22. The van der Waals surface area contributed by atoms with Gasteiger partial charge in [-0.1, -0.05) is 23.5 Å². The van der Waals surface area contributed by atoms with Gasteiger partial charge in [0.1, 0.15) is 0 Å². The summed E-state index contributed by atoms with van der Waals surface area (Å²) in [4.78, 5) is 8.81. The van der Waals surface area contributed by atoms with E-state index in [4.69, 9.17) is 15.2 Å². The highest BCUT2D eigenvalue weighted by Crippen LogP contribution is 2.31. The van der Waals surface area contributed by atoms with Crippen molar-refractivity contribution in [1.29, 1.82) is 0 Å². The number of thiazole rings is 1. The molecule has 4 rings (SSSR count). The van der Waals surface area contributed by atoms with Gasteiger partial charge in [-0.2, -0.15) is 9.67 Å². The number of aromatic nitrogens is 4. The number of nitrogen functional groups attached to an aromatic ring is 1. The highest BCUT2D eigenvalue weighted by molar-refractivity contribution is 7.20. The van der Waals surface area contributed by atoms with Crippen LogP contribution in [0.1, 0.15) is 0 Å². The lowest BCUT2D eigenvalue weighted by Gasteiger charge is -2.09. The number of nitrogens with zero attached hydrogens (tertiary/aromatic N) is 4. The molecular formula is C17H16N6O2S. The van der Waals surface area contributed by atoms with Gasteiger partial charge >= 0.3 is 0 Å². The second-order valence-corrected chi connectivity index (χ2v) is 6.37. The highest BCUT2D eigenvalue weighted by Gasteiger charge is 2.14. The van der Waals surface area contributed by atoms with Gasteiger partial charge in [0.05, 0.1) is 24.4 Å². The Hall–Kier alpha value is -3.33. The maximum Gasteiger partial charge on any atom is 0.248 e. The van der Waals surface area contributed by atoms with E-state index < -0.39 is 0 Å². The summed E-state index contributed by atoms with van der Waals surface area (Å²) in [7, 11) is 3.17. The third kappa shape index (κ3) is 2.88. The molecule has 0 amide bonds. The fourth-order valence-electron chi connectivity index (χ4n) is 2.51. The van der Waals surface area contributed by atoms with Gasteiger partial charge in [-0.15, -0.1) is 5.10 Å². The van der Waals surface area contributed by atoms with E-state index in [-0.39, 0.29) is 5.95 Å². The number of anilines is 3. The van der Waals surface area contributed by atoms with E-state index in [2.05, 4.69) is 20.4 Å². The third-order valence-corrected chi connectivity index (χ3v) is 4.75. The average Bonchev–Trinajstić information content (AvgIpc) is 3.24. The van der Waals surface area contributed by atoms with E-state index in [0.29, 0.717) is 22.6 Å². The van der Waals surface area contributed by atoms with Gasteiger partial charge in [0.25, 0.3) is 0 Å². The SMILES string of the molecule is COc1ccc(Nc2nc(N)n(-c3nc4ccccc4s3)n2)cc1OC. The number of rotatable bonds is 5. The molecule has 0 spiro atoms. The lowest BCUT2D eigenvalue weighted by atomic mass is 10.3. The lowest BCUT2D eigenvalue weighted by Crippen LogP contribution is -2.01. The number of ether oxygens (including phenoxy) is 2. The fraction of sp³-hybridized carbons (Fsp3) is 0.118. The molecular weight excluding hydrogens is 352 g/mol. The third-order valence-electron chi connectivity index (χ3n) is 3.74. The summed E-state index contributed by atoms with van der Waals surface area (Å²) in [5, 5.41) is 8.19. The molecule has 4 aromatic rings. The lowest BCUT2D eigenvalue weighted by molar-refractivity contribution is 0.355. The van der Waals surface area contributed by atoms with Crippen LogP contribution in [0.5, 0.6) is 11.5 Å². The number of methoxy groups -OCH3 is 2. The van der Waals surface area contributed by atoms with Crippen LogP contribution in [0.15, 0.2) is 42.5 Å². The van der Waals surface area contributed by atoms with Crippen molar-refractivity contribution in [3.05, 3.63) is 42.5 Å². The van der Waals surface area contributed by atoms with Crippen LogP contribution in [0.2, 0.25) is 0 Å². The zero-order valence-electron chi connectivity index (χ0n) is 14.1. The molecule has 3 N–H and O–H groups in total. The van der Waals surface area contributed by atoms with E-state index in [1.54, 1.807) is 26.4 Å². The molecule has 0 fully saturated rings. The average molecular weight is 368 g/mol. The Bertz CT molecular complexity index is 1040. The second-order valence-electron chi connectivity index (χ2n) is 5.36. The van der Waals surface area contributed by atoms with Gasteiger partial charge in [0, 0.05) is 11.8 Å². The minimum Gasteiger partial charge on any atom is -0.493 e. The van der Waals surface area contributed by atoms with Gasteiger partial charge in [-0.3, -0.25) is 0 Å². The van der Waals surface area contributed by atoms with Gasteiger partial charge < -0.3 is 20.5 Å². The Morgan fingerprint density at radius 3 is 2.62 bits per heavy atom. The van der Waals surface area contributed by atoms with Crippen molar-refractivity contribution in [3.63, 3.8) is 0 Å². The zero-order valence-corrected chi connectivity index (χ0v) is 14.9. The molecule has 0 aliphatic carbocycles. The summed E-state index contributed by atoms with van der Waals surface area (Å²) < 4.78 is 13.1. The van der Waals surface area contributed by atoms with Crippen molar-refractivity contribution in [2.75, 3.05) is 25.3 Å². The molecule has 0 saturated carbocycles. The minimum atomic E-state index is 0.257. The summed E-state index contributed by atoms with van der Waals surface area (Å²) in [6.07, 6.45) is 0. The molecule has 2 aromatic carbocycles. The van der Waals surface area contributed by atoms with Crippen LogP contribution in [-0.2, 0) is 0 Å². The van der Waals surface area contributed by atoms with Crippen LogP contribution in [0.3, 0.4) is 0 Å². The van der Waals surface area contributed by atoms with E-state index in [1.165, 1.54) is 16.0 Å². The monoisotopic (exact) mass is 368 g/mol. The number of nitrogens with two attached hydrogens (primary N) is 1. The topological polar surface area (TPSA) is 100 Å². The Balaban J connectivity index is 1.64. The minimum absolute atomic E-state index is 0.257. The molecule has 132 valence electrons. The highest BCUT2D eigenvalue weighted by atomic mass is 32.1. The normalized spacial score (nSPS) is 10.8. The number of benzene rings is 2. The molecule has 0 saturated heterocycles. The first-order valence-corrected chi connectivity index (χ1v) is 8.57. The standard InChI is InChI=1S/C17H16N6O2S/c1-24-12-8-7-10(9-13(12)25-2)19-16-21-15(18)23(22-16)17-20-11-5-3-4-6-14(11)26-17/h3-9H,1-2H3,(H3,18,19,21,22).